The predicted octanol–water partition coefficient (Wildman–Crippen LogP) is 2.11. The first-order valence-electron chi connectivity index (χ1n) is 4.42. The number of hydroxylamine groups is 1. The van der Waals surface area contributed by atoms with Crippen molar-refractivity contribution in [2.75, 3.05) is 7.11 Å². The van der Waals surface area contributed by atoms with Gasteiger partial charge < -0.3 is 4.84 Å². The minimum Gasteiger partial charge on any atom is -0.305 e. The first-order chi connectivity index (χ1) is 5.14. The molecule has 0 radical (unpaired) electrons. The van der Waals surface area contributed by atoms with Gasteiger partial charge >= 0.3 is 0 Å². The van der Waals surface area contributed by atoms with Gasteiger partial charge in [-0.3, -0.25) is 0 Å². The van der Waals surface area contributed by atoms with E-state index in [-0.39, 0.29) is 0 Å². The minimum absolute atomic E-state index is 0.561. The average Bonchev–Trinajstić information content (AvgIpc) is 1.94. The lowest BCUT2D eigenvalue weighted by Crippen LogP contribution is -2.34. The Labute approximate surface area is 69.3 Å². The molecule has 11 heavy (non-hydrogen) atoms. The van der Waals surface area contributed by atoms with Crippen molar-refractivity contribution in [3.63, 3.8) is 0 Å². The molecule has 0 aliphatic heterocycles. The van der Waals surface area contributed by atoms with E-state index in [0.29, 0.717) is 11.5 Å². The molecule has 1 saturated carbocycles. The summed E-state index contributed by atoms with van der Waals surface area (Å²) in [6.07, 6.45) is 5.13. The highest BCUT2D eigenvalue weighted by atomic mass is 16.6. The monoisotopic (exact) mass is 157 g/mol. The van der Waals surface area contributed by atoms with Crippen molar-refractivity contribution >= 4 is 0 Å². The second-order valence-corrected chi connectivity index (χ2v) is 4.26. The molecular weight excluding hydrogens is 138 g/mol. The van der Waals surface area contributed by atoms with Crippen LogP contribution in [0.15, 0.2) is 0 Å². The summed E-state index contributed by atoms with van der Waals surface area (Å²) in [5, 5.41) is 0. The molecule has 1 aliphatic rings. The van der Waals surface area contributed by atoms with Gasteiger partial charge in [-0.05, 0) is 31.1 Å². The van der Waals surface area contributed by atoms with Gasteiger partial charge in [0.25, 0.3) is 0 Å². The first-order valence-corrected chi connectivity index (χ1v) is 4.42. The van der Waals surface area contributed by atoms with Gasteiger partial charge in [0.15, 0.2) is 0 Å². The van der Waals surface area contributed by atoms with Gasteiger partial charge in [-0.1, -0.05) is 13.8 Å². The van der Waals surface area contributed by atoms with E-state index >= 15 is 0 Å². The number of rotatable bonds is 2. The SMILES string of the molecule is CONC1CCC(C)(C)CC1. The molecule has 66 valence electrons. The fourth-order valence-electron chi connectivity index (χ4n) is 1.68. The summed E-state index contributed by atoms with van der Waals surface area (Å²) in [5.41, 5.74) is 3.58. The molecule has 2 nitrogen and oxygen atoms in total. The zero-order valence-electron chi connectivity index (χ0n) is 7.81. The van der Waals surface area contributed by atoms with Crippen molar-refractivity contribution in [2.45, 2.75) is 45.6 Å². The molecule has 2 heteroatoms. The normalized spacial score (nSPS) is 25.4. The molecule has 0 unspecified atom stereocenters. The highest BCUT2D eigenvalue weighted by molar-refractivity contribution is 4.80. The standard InChI is InChI=1S/C9H19NO/c1-9(2)6-4-8(5-7-9)10-11-3/h8,10H,4-7H2,1-3H3. The highest BCUT2D eigenvalue weighted by Crippen LogP contribution is 2.34. The molecule has 0 bridgehead atoms. The summed E-state index contributed by atoms with van der Waals surface area (Å²) >= 11 is 0. The Morgan fingerprint density at radius 2 is 1.82 bits per heavy atom. The average molecular weight is 157 g/mol. The Bertz CT molecular complexity index is 113. The Morgan fingerprint density at radius 3 is 2.27 bits per heavy atom. The van der Waals surface area contributed by atoms with Gasteiger partial charge in [0, 0.05) is 6.04 Å². The third-order valence-corrected chi connectivity index (χ3v) is 2.62. The van der Waals surface area contributed by atoms with Crippen molar-refractivity contribution in [3.8, 4) is 0 Å². The van der Waals surface area contributed by atoms with Crippen LogP contribution in [0.1, 0.15) is 39.5 Å². The Kier molecular flexibility index (Phi) is 2.90. The fourth-order valence-corrected chi connectivity index (χ4v) is 1.68. The zero-order valence-corrected chi connectivity index (χ0v) is 7.81. The van der Waals surface area contributed by atoms with Crippen LogP contribution in [0.4, 0.5) is 0 Å². The van der Waals surface area contributed by atoms with Crippen molar-refractivity contribution in [3.05, 3.63) is 0 Å². The maximum atomic E-state index is 4.90. The summed E-state index contributed by atoms with van der Waals surface area (Å²) in [6, 6.07) is 0.591. The molecule has 0 saturated heterocycles. The third kappa shape index (κ3) is 2.80. The summed E-state index contributed by atoms with van der Waals surface area (Å²) in [5.74, 6) is 0. The lowest BCUT2D eigenvalue weighted by atomic mass is 9.76. The van der Waals surface area contributed by atoms with E-state index in [1.54, 1.807) is 7.11 Å². The summed E-state index contributed by atoms with van der Waals surface area (Å²) in [7, 11) is 1.69. The van der Waals surface area contributed by atoms with E-state index < -0.39 is 0 Å². The zero-order chi connectivity index (χ0) is 8.32. The number of nitrogens with one attached hydrogen (secondary N) is 1. The van der Waals surface area contributed by atoms with E-state index in [4.69, 9.17) is 4.84 Å². The lowest BCUT2D eigenvalue weighted by Gasteiger charge is -2.34. The maximum Gasteiger partial charge on any atom is 0.0572 e. The lowest BCUT2D eigenvalue weighted by molar-refractivity contribution is 0.0347. The smallest absolute Gasteiger partial charge is 0.0572 e. The van der Waals surface area contributed by atoms with Crippen molar-refractivity contribution in [1.82, 2.24) is 5.48 Å². The molecule has 0 amide bonds. The summed E-state index contributed by atoms with van der Waals surface area (Å²) in [4.78, 5) is 4.90. The molecule has 1 aliphatic carbocycles. The minimum atomic E-state index is 0.561. The van der Waals surface area contributed by atoms with Crippen LogP contribution in [0.5, 0.6) is 0 Å². The molecule has 0 aromatic carbocycles. The van der Waals surface area contributed by atoms with Gasteiger partial charge in [-0.15, -0.1) is 0 Å². The highest BCUT2D eigenvalue weighted by Gasteiger charge is 2.26. The molecule has 0 aromatic heterocycles. The summed E-state index contributed by atoms with van der Waals surface area (Å²) < 4.78 is 0. The molecular formula is C9H19NO. The van der Waals surface area contributed by atoms with Crippen LogP contribution in [0.3, 0.4) is 0 Å². The van der Waals surface area contributed by atoms with Crippen molar-refractivity contribution < 1.29 is 4.84 Å². The molecule has 0 aromatic rings. The topological polar surface area (TPSA) is 21.3 Å². The van der Waals surface area contributed by atoms with Crippen LogP contribution in [0.25, 0.3) is 0 Å². The summed E-state index contributed by atoms with van der Waals surface area (Å²) in [6.45, 7) is 4.69. The van der Waals surface area contributed by atoms with Crippen LogP contribution in [-0.4, -0.2) is 13.2 Å². The Hall–Kier alpha value is -0.0800. The van der Waals surface area contributed by atoms with Gasteiger partial charge in [0.1, 0.15) is 0 Å². The first kappa shape index (κ1) is 9.01. The second kappa shape index (κ2) is 3.55. The van der Waals surface area contributed by atoms with Crippen LogP contribution >= 0.6 is 0 Å². The van der Waals surface area contributed by atoms with E-state index in [1.165, 1.54) is 25.7 Å². The van der Waals surface area contributed by atoms with Crippen molar-refractivity contribution in [2.24, 2.45) is 5.41 Å². The van der Waals surface area contributed by atoms with E-state index in [0.717, 1.165) is 0 Å². The molecule has 1 N–H and O–H groups in total. The van der Waals surface area contributed by atoms with Crippen LogP contribution in [0, 0.1) is 5.41 Å². The van der Waals surface area contributed by atoms with Gasteiger partial charge in [-0.2, -0.15) is 5.48 Å². The van der Waals surface area contributed by atoms with Gasteiger partial charge in [-0.25, -0.2) is 0 Å². The number of hydrogen-bond acceptors (Lipinski definition) is 2. The van der Waals surface area contributed by atoms with E-state index in [2.05, 4.69) is 19.3 Å². The molecule has 1 rings (SSSR count). The Balaban J connectivity index is 2.25. The van der Waals surface area contributed by atoms with E-state index in [9.17, 15) is 0 Å². The second-order valence-electron chi connectivity index (χ2n) is 4.26. The Morgan fingerprint density at radius 1 is 1.27 bits per heavy atom. The largest absolute Gasteiger partial charge is 0.305 e. The molecule has 1 fully saturated rings. The molecule has 0 spiro atoms. The van der Waals surface area contributed by atoms with Crippen LogP contribution < -0.4 is 5.48 Å². The van der Waals surface area contributed by atoms with E-state index in [1.807, 2.05) is 0 Å². The molecule has 0 heterocycles. The van der Waals surface area contributed by atoms with Gasteiger partial charge in [0.05, 0.1) is 7.11 Å². The fraction of sp³-hybridized carbons (Fsp3) is 1.00. The van der Waals surface area contributed by atoms with Crippen molar-refractivity contribution in [1.29, 1.82) is 0 Å². The maximum absolute atomic E-state index is 4.90. The predicted molar refractivity (Wildman–Crippen MR) is 46.2 cm³/mol. The molecule has 0 atom stereocenters. The number of hydrogen-bond donors (Lipinski definition) is 1. The van der Waals surface area contributed by atoms with Gasteiger partial charge in [0.2, 0.25) is 0 Å². The van der Waals surface area contributed by atoms with Crippen LogP contribution in [-0.2, 0) is 4.84 Å². The van der Waals surface area contributed by atoms with Crippen LogP contribution in [0.2, 0.25) is 0 Å². The quantitative estimate of drug-likeness (QED) is 0.620. The third-order valence-electron chi connectivity index (χ3n) is 2.62.